The number of pyridine rings is 1. The van der Waals surface area contributed by atoms with Crippen molar-refractivity contribution in [2.75, 3.05) is 13.6 Å². The number of aromatic carboxylic acids is 1. The summed E-state index contributed by atoms with van der Waals surface area (Å²) in [4.78, 5) is 27.5. The molecular weight excluding hydrogens is 224 g/mol. The number of aromatic nitrogens is 1. The molecule has 1 aromatic heterocycles. The second-order valence-corrected chi connectivity index (χ2v) is 3.84. The molecule has 0 saturated carbocycles. The molecule has 1 aliphatic heterocycles. The summed E-state index contributed by atoms with van der Waals surface area (Å²) in [6, 6.07) is 2.85. The second-order valence-electron chi connectivity index (χ2n) is 3.84. The minimum absolute atomic E-state index is 0.0489. The monoisotopic (exact) mass is 236 g/mol. The van der Waals surface area contributed by atoms with Gasteiger partial charge in [0.05, 0.1) is 6.20 Å². The van der Waals surface area contributed by atoms with Crippen LogP contribution in [0.1, 0.15) is 16.9 Å². The van der Waals surface area contributed by atoms with Crippen molar-refractivity contribution in [1.29, 1.82) is 0 Å². The molecule has 17 heavy (non-hydrogen) atoms. The number of rotatable bonds is 3. The van der Waals surface area contributed by atoms with Crippen LogP contribution in [0, 0.1) is 0 Å². The molecule has 0 spiro atoms. The third kappa shape index (κ3) is 2.35. The van der Waals surface area contributed by atoms with Crippen molar-refractivity contribution < 1.29 is 19.4 Å². The zero-order valence-corrected chi connectivity index (χ0v) is 9.29. The minimum Gasteiger partial charge on any atom is -0.479 e. The Labute approximate surface area is 97.8 Å². The Hall–Kier alpha value is -2.11. The predicted octanol–water partition coefficient (Wildman–Crippen LogP) is 0.389. The molecule has 1 aromatic rings. The van der Waals surface area contributed by atoms with Gasteiger partial charge in [0, 0.05) is 20.0 Å². The van der Waals surface area contributed by atoms with E-state index in [1.54, 1.807) is 11.9 Å². The molecule has 2 rings (SSSR count). The van der Waals surface area contributed by atoms with Crippen LogP contribution in [0.25, 0.3) is 0 Å². The summed E-state index contributed by atoms with van der Waals surface area (Å²) < 4.78 is 5.45. The first-order chi connectivity index (χ1) is 8.08. The molecule has 0 aromatic carbocycles. The number of ether oxygens (including phenoxy) is 1. The molecule has 1 fully saturated rings. The van der Waals surface area contributed by atoms with Gasteiger partial charge in [-0.25, -0.2) is 9.78 Å². The molecule has 0 aliphatic carbocycles. The fraction of sp³-hybridized carbons (Fsp3) is 0.364. The molecule has 6 nitrogen and oxygen atoms in total. The average Bonchev–Trinajstić information content (AvgIpc) is 2.62. The topological polar surface area (TPSA) is 79.7 Å². The van der Waals surface area contributed by atoms with E-state index in [1.165, 1.54) is 18.3 Å². The lowest BCUT2D eigenvalue weighted by atomic mass is 10.3. The smallest absolute Gasteiger partial charge is 0.354 e. The molecule has 1 amide bonds. The van der Waals surface area contributed by atoms with Crippen LogP contribution < -0.4 is 4.74 Å². The maximum Gasteiger partial charge on any atom is 0.354 e. The number of hydrogen-bond acceptors (Lipinski definition) is 4. The standard InChI is InChI=1S/C11H12N2O4/c1-13-5-4-9(10(13)14)17-7-2-3-8(11(15)16)12-6-7/h2-3,6,9H,4-5H2,1H3,(H,15,16). The van der Waals surface area contributed by atoms with E-state index in [9.17, 15) is 9.59 Å². The number of likely N-dealkylation sites (tertiary alicyclic amines) is 1. The van der Waals surface area contributed by atoms with Gasteiger partial charge in [0.25, 0.3) is 5.91 Å². The summed E-state index contributed by atoms with van der Waals surface area (Å²) in [6.07, 6.45) is 1.46. The minimum atomic E-state index is -1.09. The molecule has 1 saturated heterocycles. The van der Waals surface area contributed by atoms with Crippen LogP contribution in [0.3, 0.4) is 0 Å². The van der Waals surface area contributed by atoms with E-state index in [-0.39, 0.29) is 11.6 Å². The number of amides is 1. The Balaban J connectivity index is 2.04. The van der Waals surface area contributed by atoms with Gasteiger partial charge in [-0.15, -0.1) is 0 Å². The first kappa shape index (κ1) is 11.4. The molecule has 1 aliphatic rings. The van der Waals surface area contributed by atoms with E-state index in [0.29, 0.717) is 18.7 Å². The molecule has 1 N–H and O–H groups in total. The molecule has 6 heteroatoms. The summed E-state index contributed by atoms with van der Waals surface area (Å²) in [5, 5.41) is 8.67. The lowest BCUT2D eigenvalue weighted by Crippen LogP contribution is -2.29. The van der Waals surface area contributed by atoms with Crippen molar-refractivity contribution in [2.45, 2.75) is 12.5 Å². The highest BCUT2D eigenvalue weighted by Crippen LogP contribution is 2.17. The summed E-state index contributed by atoms with van der Waals surface area (Å²) in [6.45, 7) is 0.671. The maximum absolute atomic E-state index is 11.6. The first-order valence-corrected chi connectivity index (χ1v) is 5.19. The fourth-order valence-electron chi connectivity index (χ4n) is 1.64. The van der Waals surface area contributed by atoms with Gasteiger partial charge < -0.3 is 14.7 Å². The van der Waals surface area contributed by atoms with Gasteiger partial charge in [-0.05, 0) is 12.1 Å². The summed E-state index contributed by atoms with van der Waals surface area (Å²) in [7, 11) is 1.72. The summed E-state index contributed by atoms with van der Waals surface area (Å²) in [5.41, 5.74) is -0.0489. The molecular formula is C11H12N2O4. The van der Waals surface area contributed by atoms with Crippen LogP contribution >= 0.6 is 0 Å². The van der Waals surface area contributed by atoms with Crippen LogP contribution in [0.2, 0.25) is 0 Å². The van der Waals surface area contributed by atoms with Gasteiger partial charge in [-0.1, -0.05) is 0 Å². The molecule has 1 unspecified atom stereocenters. The quantitative estimate of drug-likeness (QED) is 0.821. The van der Waals surface area contributed by atoms with Crippen LogP contribution in [-0.4, -0.2) is 46.6 Å². The average molecular weight is 236 g/mol. The number of carboxylic acids is 1. The number of carbonyl (C=O) groups is 2. The van der Waals surface area contributed by atoms with E-state index >= 15 is 0 Å². The van der Waals surface area contributed by atoms with E-state index in [0.717, 1.165) is 0 Å². The van der Waals surface area contributed by atoms with Gasteiger partial charge in [0.15, 0.2) is 6.10 Å². The normalized spacial score (nSPS) is 19.5. The lowest BCUT2D eigenvalue weighted by Gasteiger charge is -2.12. The number of likely N-dealkylation sites (N-methyl/N-ethyl adjacent to an activating group) is 1. The predicted molar refractivity (Wildman–Crippen MR) is 57.9 cm³/mol. The van der Waals surface area contributed by atoms with Gasteiger partial charge in [0.1, 0.15) is 11.4 Å². The number of carbonyl (C=O) groups excluding carboxylic acids is 1. The Morgan fingerprint density at radius 3 is 2.82 bits per heavy atom. The van der Waals surface area contributed by atoms with Gasteiger partial charge >= 0.3 is 5.97 Å². The molecule has 0 radical (unpaired) electrons. The SMILES string of the molecule is CN1CCC(Oc2ccc(C(=O)O)nc2)C1=O. The Bertz CT molecular complexity index is 443. The zero-order valence-electron chi connectivity index (χ0n) is 9.29. The third-order valence-electron chi connectivity index (χ3n) is 2.61. The lowest BCUT2D eigenvalue weighted by molar-refractivity contribution is -0.132. The largest absolute Gasteiger partial charge is 0.479 e. The maximum atomic E-state index is 11.6. The van der Waals surface area contributed by atoms with Crippen LogP contribution in [0.5, 0.6) is 5.75 Å². The highest BCUT2D eigenvalue weighted by Gasteiger charge is 2.30. The highest BCUT2D eigenvalue weighted by molar-refractivity contribution is 5.85. The van der Waals surface area contributed by atoms with Gasteiger partial charge in [-0.3, -0.25) is 4.79 Å². The third-order valence-corrected chi connectivity index (χ3v) is 2.61. The van der Waals surface area contributed by atoms with Gasteiger partial charge in [-0.2, -0.15) is 0 Å². The van der Waals surface area contributed by atoms with Crippen LogP contribution in [0.4, 0.5) is 0 Å². The number of carboxylic acid groups (broad SMARTS) is 1. The summed E-state index contributed by atoms with van der Waals surface area (Å²) in [5.74, 6) is -0.746. The Kier molecular flexibility index (Phi) is 2.95. The highest BCUT2D eigenvalue weighted by atomic mass is 16.5. The van der Waals surface area contributed by atoms with Crippen molar-refractivity contribution in [1.82, 2.24) is 9.88 Å². The molecule has 0 bridgehead atoms. The first-order valence-electron chi connectivity index (χ1n) is 5.19. The van der Waals surface area contributed by atoms with Crippen molar-refractivity contribution >= 4 is 11.9 Å². The van der Waals surface area contributed by atoms with E-state index < -0.39 is 12.1 Å². The second kappa shape index (κ2) is 4.40. The fourth-order valence-corrected chi connectivity index (χ4v) is 1.64. The summed E-state index contributed by atoms with van der Waals surface area (Å²) >= 11 is 0. The number of hydrogen-bond donors (Lipinski definition) is 1. The zero-order chi connectivity index (χ0) is 12.4. The molecule has 90 valence electrons. The van der Waals surface area contributed by atoms with E-state index in [2.05, 4.69) is 4.98 Å². The number of nitrogens with zero attached hydrogens (tertiary/aromatic N) is 2. The Morgan fingerprint density at radius 1 is 1.59 bits per heavy atom. The van der Waals surface area contributed by atoms with Crippen LogP contribution in [0.15, 0.2) is 18.3 Å². The molecule has 1 atom stereocenters. The van der Waals surface area contributed by atoms with Crippen molar-refractivity contribution in [3.8, 4) is 5.75 Å². The van der Waals surface area contributed by atoms with Gasteiger partial charge in [0.2, 0.25) is 0 Å². The Morgan fingerprint density at radius 2 is 2.35 bits per heavy atom. The molecule has 2 heterocycles. The van der Waals surface area contributed by atoms with Crippen molar-refractivity contribution in [2.24, 2.45) is 0 Å². The van der Waals surface area contributed by atoms with Crippen molar-refractivity contribution in [3.63, 3.8) is 0 Å². The van der Waals surface area contributed by atoms with E-state index in [4.69, 9.17) is 9.84 Å². The van der Waals surface area contributed by atoms with Crippen molar-refractivity contribution in [3.05, 3.63) is 24.0 Å². The van der Waals surface area contributed by atoms with Crippen LogP contribution in [-0.2, 0) is 4.79 Å². The van der Waals surface area contributed by atoms with E-state index in [1.807, 2.05) is 0 Å².